The first-order valence-electron chi connectivity index (χ1n) is 10.1. The fraction of sp³-hybridized carbons (Fsp3) is 0.455. The molecule has 6 nitrogen and oxygen atoms in total. The number of anilines is 2. The quantitative estimate of drug-likeness (QED) is 0.735. The number of carbonyl (C=O) groups excluding carboxylic acids is 1. The Bertz CT molecular complexity index is 766. The summed E-state index contributed by atoms with van der Waals surface area (Å²) < 4.78 is 5.35. The molecule has 0 aliphatic carbocycles. The smallest absolute Gasteiger partial charge is 0.251 e. The van der Waals surface area contributed by atoms with E-state index in [-0.39, 0.29) is 5.91 Å². The average Bonchev–Trinajstić information content (AvgIpc) is 2.74. The minimum absolute atomic E-state index is 0.0711. The third-order valence-electron chi connectivity index (χ3n) is 5.09. The summed E-state index contributed by atoms with van der Waals surface area (Å²) in [6, 6.07) is 9.92. The highest BCUT2D eigenvalue weighted by molar-refractivity contribution is 5.95. The number of para-hydroxylation sites is 1. The molecule has 1 amide bonds. The number of aromatic nitrogens is 1. The molecule has 0 saturated carbocycles. The molecule has 28 heavy (non-hydrogen) atoms. The molecule has 1 aliphatic heterocycles. The summed E-state index contributed by atoms with van der Waals surface area (Å²) in [5, 5.41) is 6.44. The number of morpholine rings is 1. The van der Waals surface area contributed by atoms with Gasteiger partial charge in [0.2, 0.25) is 0 Å². The van der Waals surface area contributed by atoms with Gasteiger partial charge in [0.15, 0.2) is 0 Å². The van der Waals surface area contributed by atoms with Gasteiger partial charge in [-0.15, -0.1) is 0 Å². The van der Waals surface area contributed by atoms with Gasteiger partial charge in [-0.25, -0.2) is 4.98 Å². The molecule has 0 atom stereocenters. The number of rotatable bonds is 8. The fourth-order valence-corrected chi connectivity index (χ4v) is 3.43. The van der Waals surface area contributed by atoms with Crippen molar-refractivity contribution < 1.29 is 9.53 Å². The third-order valence-corrected chi connectivity index (χ3v) is 5.09. The Morgan fingerprint density at radius 2 is 1.86 bits per heavy atom. The van der Waals surface area contributed by atoms with Crippen LogP contribution in [0.4, 0.5) is 11.5 Å². The van der Waals surface area contributed by atoms with Gasteiger partial charge in [0, 0.05) is 43.6 Å². The summed E-state index contributed by atoms with van der Waals surface area (Å²) in [6.45, 7) is 9.15. The first kappa shape index (κ1) is 20.3. The van der Waals surface area contributed by atoms with Gasteiger partial charge in [0.25, 0.3) is 5.91 Å². The number of hydrogen-bond acceptors (Lipinski definition) is 5. The van der Waals surface area contributed by atoms with Gasteiger partial charge in [-0.1, -0.05) is 32.0 Å². The molecule has 1 aliphatic rings. The van der Waals surface area contributed by atoms with Crippen LogP contribution >= 0.6 is 0 Å². The summed E-state index contributed by atoms with van der Waals surface area (Å²) in [6.07, 6.45) is 3.56. The molecule has 2 heterocycles. The number of pyridine rings is 1. The maximum atomic E-state index is 12.5. The van der Waals surface area contributed by atoms with Crippen molar-refractivity contribution in [2.75, 3.05) is 44.7 Å². The molecule has 2 aromatic rings. The van der Waals surface area contributed by atoms with Crippen molar-refractivity contribution in [3.05, 3.63) is 53.2 Å². The van der Waals surface area contributed by atoms with E-state index in [2.05, 4.69) is 52.6 Å². The van der Waals surface area contributed by atoms with Crippen LogP contribution in [0.1, 0.15) is 35.3 Å². The zero-order chi connectivity index (χ0) is 19.8. The molecule has 0 radical (unpaired) electrons. The standard InChI is InChI=1S/C22H30N4O2/c1-3-17-6-5-7-18(4-2)21(17)25-20-16-19(8-9-23-20)22(27)24-10-11-26-12-14-28-15-13-26/h5-9,16H,3-4,10-15H2,1-2H3,(H,23,25)(H,24,27). The van der Waals surface area contributed by atoms with Crippen LogP contribution in [0.25, 0.3) is 0 Å². The number of nitrogens with one attached hydrogen (secondary N) is 2. The Hall–Kier alpha value is -2.44. The molecule has 0 bridgehead atoms. The van der Waals surface area contributed by atoms with Gasteiger partial charge < -0.3 is 15.4 Å². The van der Waals surface area contributed by atoms with E-state index in [4.69, 9.17) is 4.74 Å². The Kier molecular flexibility index (Phi) is 7.39. The van der Waals surface area contributed by atoms with E-state index in [0.717, 1.165) is 51.4 Å². The lowest BCUT2D eigenvalue weighted by atomic mass is 10.0. The number of hydrogen-bond donors (Lipinski definition) is 2. The van der Waals surface area contributed by atoms with Crippen molar-refractivity contribution in [3.63, 3.8) is 0 Å². The molecule has 1 aromatic heterocycles. The second kappa shape index (κ2) is 10.2. The van der Waals surface area contributed by atoms with Crippen molar-refractivity contribution >= 4 is 17.4 Å². The second-order valence-electron chi connectivity index (χ2n) is 6.92. The van der Waals surface area contributed by atoms with Crippen LogP contribution in [-0.2, 0) is 17.6 Å². The number of aryl methyl sites for hydroxylation is 2. The summed E-state index contributed by atoms with van der Waals surface area (Å²) in [5.41, 5.74) is 4.22. The first-order valence-corrected chi connectivity index (χ1v) is 10.1. The van der Waals surface area contributed by atoms with E-state index >= 15 is 0 Å². The lowest BCUT2D eigenvalue weighted by molar-refractivity contribution is 0.0383. The minimum atomic E-state index is -0.0711. The van der Waals surface area contributed by atoms with Crippen molar-refractivity contribution in [2.45, 2.75) is 26.7 Å². The molecule has 1 saturated heterocycles. The first-order chi connectivity index (χ1) is 13.7. The molecular formula is C22H30N4O2. The molecule has 1 fully saturated rings. The number of amides is 1. The minimum Gasteiger partial charge on any atom is -0.379 e. The Morgan fingerprint density at radius 1 is 1.14 bits per heavy atom. The number of benzene rings is 1. The summed E-state index contributed by atoms with van der Waals surface area (Å²) in [5.74, 6) is 0.620. The monoisotopic (exact) mass is 382 g/mol. The molecule has 6 heteroatoms. The lowest BCUT2D eigenvalue weighted by Gasteiger charge is -2.26. The van der Waals surface area contributed by atoms with Crippen LogP contribution in [-0.4, -0.2) is 55.2 Å². The van der Waals surface area contributed by atoms with Gasteiger partial charge in [0.05, 0.1) is 13.2 Å². The molecular weight excluding hydrogens is 352 g/mol. The highest BCUT2D eigenvalue weighted by Gasteiger charge is 2.12. The second-order valence-corrected chi connectivity index (χ2v) is 6.92. The molecule has 3 rings (SSSR count). The van der Waals surface area contributed by atoms with Gasteiger partial charge in [-0.3, -0.25) is 9.69 Å². The van der Waals surface area contributed by atoms with E-state index in [0.29, 0.717) is 17.9 Å². The van der Waals surface area contributed by atoms with Gasteiger partial charge in [0.1, 0.15) is 5.82 Å². The fourth-order valence-electron chi connectivity index (χ4n) is 3.43. The van der Waals surface area contributed by atoms with E-state index < -0.39 is 0 Å². The van der Waals surface area contributed by atoms with E-state index in [1.165, 1.54) is 11.1 Å². The van der Waals surface area contributed by atoms with Crippen molar-refractivity contribution in [1.82, 2.24) is 15.2 Å². The van der Waals surface area contributed by atoms with E-state index in [1.807, 2.05) is 6.07 Å². The number of carbonyl (C=O) groups is 1. The highest BCUT2D eigenvalue weighted by Crippen LogP contribution is 2.26. The van der Waals surface area contributed by atoms with Crippen LogP contribution in [0.3, 0.4) is 0 Å². The molecule has 0 unspecified atom stereocenters. The summed E-state index contributed by atoms with van der Waals surface area (Å²) in [7, 11) is 0. The largest absolute Gasteiger partial charge is 0.379 e. The molecule has 0 spiro atoms. The predicted octanol–water partition coefficient (Wildman–Crippen LogP) is 3.01. The Labute approximate surface area is 167 Å². The summed E-state index contributed by atoms with van der Waals surface area (Å²) >= 11 is 0. The van der Waals surface area contributed by atoms with Crippen LogP contribution in [0, 0.1) is 0 Å². The molecule has 150 valence electrons. The van der Waals surface area contributed by atoms with E-state index in [9.17, 15) is 4.79 Å². The molecule has 2 N–H and O–H groups in total. The normalized spacial score (nSPS) is 14.6. The number of ether oxygens (including phenoxy) is 1. The van der Waals surface area contributed by atoms with Gasteiger partial charge >= 0.3 is 0 Å². The lowest BCUT2D eigenvalue weighted by Crippen LogP contribution is -2.41. The van der Waals surface area contributed by atoms with Crippen LogP contribution in [0.15, 0.2) is 36.5 Å². The maximum Gasteiger partial charge on any atom is 0.251 e. The van der Waals surface area contributed by atoms with Gasteiger partial charge in [-0.2, -0.15) is 0 Å². The third kappa shape index (κ3) is 5.30. The van der Waals surface area contributed by atoms with E-state index in [1.54, 1.807) is 12.3 Å². The summed E-state index contributed by atoms with van der Waals surface area (Å²) in [4.78, 5) is 19.2. The van der Waals surface area contributed by atoms with Crippen LogP contribution in [0.2, 0.25) is 0 Å². The molecule has 1 aromatic carbocycles. The van der Waals surface area contributed by atoms with Crippen molar-refractivity contribution in [2.24, 2.45) is 0 Å². The SMILES string of the molecule is CCc1cccc(CC)c1Nc1cc(C(=O)NCCN2CCOCC2)ccn1. The number of nitrogens with zero attached hydrogens (tertiary/aromatic N) is 2. The average molecular weight is 383 g/mol. The van der Waals surface area contributed by atoms with Crippen LogP contribution in [0.5, 0.6) is 0 Å². The van der Waals surface area contributed by atoms with Crippen molar-refractivity contribution in [1.29, 1.82) is 0 Å². The zero-order valence-electron chi connectivity index (χ0n) is 16.8. The highest BCUT2D eigenvalue weighted by atomic mass is 16.5. The zero-order valence-corrected chi connectivity index (χ0v) is 16.8. The Balaban J connectivity index is 1.63. The predicted molar refractivity (Wildman–Crippen MR) is 112 cm³/mol. The maximum absolute atomic E-state index is 12.5. The van der Waals surface area contributed by atoms with Crippen molar-refractivity contribution in [3.8, 4) is 0 Å². The Morgan fingerprint density at radius 3 is 2.54 bits per heavy atom. The van der Waals surface area contributed by atoms with Gasteiger partial charge in [-0.05, 0) is 36.1 Å². The topological polar surface area (TPSA) is 66.5 Å². The van der Waals surface area contributed by atoms with Crippen LogP contribution < -0.4 is 10.6 Å².